The van der Waals surface area contributed by atoms with Crippen molar-refractivity contribution in [2.45, 2.75) is 19.8 Å². The van der Waals surface area contributed by atoms with Crippen molar-refractivity contribution in [3.63, 3.8) is 0 Å². The molecule has 0 aliphatic carbocycles. The van der Waals surface area contributed by atoms with Gasteiger partial charge in [-0.05, 0) is 6.42 Å². The van der Waals surface area contributed by atoms with Crippen molar-refractivity contribution >= 4 is 17.3 Å². The molecule has 0 aromatic carbocycles. The summed E-state index contributed by atoms with van der Waals surface area (Å²) in [6.45, 7) is 1.91. The van der Waals surface area contributed by atoms with Gasteiger partial charge in [-0.15, -0.1) is 11.3 Å². The Hall–Kier alpha value is -1.10. The van der Waals surface area contributed by atoms with Crippen LogP contribution in [0.2, 0.25) is 0 Å². The zero-order valence-electron chi connectivity index (χ0n) is 6.57. The first-order chi connectivity index (χ1) is 5.63. The minimum absolute atomic E-state index is 0.140. The van der Waals surface area contributed by atoms with Crippen LogP contribution < -0.4 is 0 Å². The van der Waals surface area contributed by atoms with Gasteiger partial charge in [0.1, 0.15) is 0 Å². The number of aromatic nitrogens is 1. The van der Waals surface area contributed by atoms with Crippen LogP contribution in [0.5, 0.6) is 5.88 Å². The van der Waals surface area contributed by atoms with E-state index < -0.39 is 5.97 Å². The zero-order chi connectivity index (χ0) is 9.14. The van der Waals surface area contributed by atoms with Gasteiger partial charge in [-0.25, -0.2) is 4.98 Å². The van der Waals surface area contributed by atoms with Crippen LogP contribution in [-0.2, 0) is 17.6 Å². The van der Waals surface area contributed by atoms with Gasteiger partial charge in [0.2, 0.25) is 5.88 Å². The summed E-state index contributed by atoms with van der Waals surface area (Å²) in [6, 6.07) is 0. The Morgan fingerprint density at radius 3 is 2.75 bits per heavy atom. The van der Waals surface area contributed by atoms with E-state index in [4.69, 9.17) is 10.2 Å². The van der Waals surface area contributed by atoms with Gasteiger partial charge in [-0.2, -0.15) is 0 Å². The number of rotatable bonds is 3. The maximum Gasteiger partial charge on any atom is 0.308 e. The fourth-order valence-corrected chi connectivity index (χ4v) is 1.69. The SMILES string of the molecule is CCc1nc(O)c(CC(=O)O)s1. The summed E-state index contributed by atoms with van der Waals surface area (Å²) in [5.74, 6) is -1.09. The Labute approximate surface area is 73.5 Å². The molecular formula is C7H9NO3S. The molecule has 0 fully saturated rings. The highest BCUT2D eigenvalue weighted by Crippen LogP contribution is 2.24. The van der Waals surface area contributed by atoms with Crippen molar-refractivity contribution in [3.05, 3.63) is 9.88 Å². The van der Waals surface area contributed by atoms with Crippen LogP contribution in [0.3, 0.4) is 0 Å². The molecule has 12 heavy (non-hydrogen) atoms. The summed E-state index contributed by atoms with van der Waals surface area (Å²) in [6.07, 6.45) is 0.571. The standard InChI is InChI=1S/C7H9NO3S/c1-2-5-8-7(11)4(12-5)3-6(9)10/h11H,2-3H2,1H3,(H,9,10). The predicted molar refractivity (Wildman–Crippen MR) is 44.5 cm³/mol. The second-order valence-electron chi connectivity index (χ2n) is 2.28. The molecule has 4 nitrogen and oxygen atoms in total. The number of carboxylic acid groups (broad SMARTS) is 1. The van der Waals surface area contributed by atoms with E-state index in [9.17, 15) is 4.79 Å². The molecule has 0 amide bonds. The number of thiazole rings is 1. The Balaban J connectivity index is 2.84. The molecule has 1 aromatic rings. The van der Waals surface area contributed by atoms with Gasteiger partial charge in [0.25, 0.3) is 0 Å². The van der Waals surface area contributed by atoms with Gasteiger partial charge < -0.3 is 10.2 Å². The number of hydrogen-bond acceptors (Lipinski definition) is 4. The lowest BCUT2D eigenvalue weighted by atomic mass is 10.4. The summed E-state index contributed by atoms with van der Waals surface area (Å²) in [4.78, 5) is 14.5. The fourth-order valence-electron chi connectivity index (χ4n) is 0.795. The molecule has 0 bridgehead atoms. The van der Waals surface area contributed by atoms with Crippen molar-refractivity contribution in [2.24, 2.45) is 0 Å². The van der Waals surface area contributed by atoms with Crippen molar-refractivity contribution in [2.75, 3.05) is 0 Å². The first-order valence-corrected chi connectivity index (χ1v) is 4.34. The zero-order valence-corrected chi connectivity index (χ0v) is 7.39. The molecule has 1 rings (SSSR count). The van der Waals surface area contributed by atoms with Gasteiger partial charge in [0.15, 0.2) is 0 Å². The summed E-state index contributed by atoms with van der Waals surface area (Å²) in [5, 5.41) is 18.4. The van der Waals surface area contributed by atoms with E-state index in [0.717, 1.165) is 11.4 Å². The maximum atomic E-state index is 10.3. The number of aliphatic carboxylic acids is 1. The van der Waals surface area contributed by atoms with E-state index in [2.05, 4.69) is 4.98 Å². The van der Waals surface area contributed by atoms with Crippen LogP contribution in [0.25, 0.3) is 0 Å². The smallest absolute Gasteiger partial charge is 0.308 e. The quantitative estimate of drug-likeness (QED) is 0.741. The van der Waals surface area contributed by atoms with Crippen molar-refractivity contribution in [1.82, 2.24) is 4.98 Å². The fraction of sp³-hybridized carbons (Fsp3) is 0.429. The average Bonchev–Trinajstić information content (AvgIpc) is 2.31. The van der Waals surface area contributed by atoms with Gasteiger partial charge in [-0.1, -0.05) is 6.92 Å². The lowest BCUT2D eigenvalue weighted by Crippen LogP contribution is -1.97. The third kappa shape index (κ3) is 1.94. The molecule has 5 heteroatoms. The number of aryl methyl sites for hydroxylation is 1. The molecular weight excluding hydrogens is 178 g/mol. The van der Waals surface area contributed by atoms with Gasteiger partial charge in [0, 0.05) is 0 Å². The maximum absolute atomic E-state index is 10.3. The predicted octanol–water partition coefficient (Wildman–Crippen LogP) is 1.04. The van der Waals surface area contributed by atoms with E-state index in [-0.39, 0.29) is 12.3 Å². The van der Waals surface area contributed by atoms with Crippen LogP contribution in [0.1, 0.15) is 16.8 Å². The third-order valence-corrected chi connectivity index (χ3v) is 2.52. The topological polar surface area (TPSA) is 70.4 Å². The van der Waals surface area contributed by atoms with Crippen molar-refractivity contribution < 1.29 is 15.0 Å². The highest BCUT2D eigenvalue weighted by atomic mass is 32.1. The lowest BCUT2D eigenvalue weighted by molar-refractivity contribution is -0.136. The van der Waals surface area contributed by atoms with Crippen LogP contribution in [-0.4, -0.2) is 21.2 Å². The van der Waals surface area contributed by atoms with Gasteiger partial charge in [0.05, 0.1) is 16.3 Å². The Morgan fingerprint density at radius 2 is 2.33 bits per heavy atom. The molecule has 2 N–H and O–H groups in total. The summed E-state index contributed by atoms with van der Waals surface area (Å²) >= 11 is 1.25. The molecule has 0 saturated carbocycles. The first kappa shape index (κ1) is 8.99. The second kappa shape index (κ2) is 3.53. The Kier molecular flexibility index (Phi) is 2.65. The molecule has 0 aliphatic heterocycles. The average molecular weight is 187 g/mol. The summed E-state index contributed by atoms with van der Waals surface area (Å²) < 4.78 is 0. The number of nitrogens with zero attached hydrogens (tertiary/aromatic N) is 1. The Morgan fingerprint density at radius 1 is 1.67 bits per heavy atom. The van der Waals surface area contributed by atoms with Crippen LogP contribution in [0.15, 0.2) is 0 Å². The van der Waals surface area contributed by atoms with Crippen LogP contribution in [0.4, 0.5) is 0 Å². The molecule has 0 saturated heterocycles. The monoisotopic (exact) mass is 187 g/mol. The third-order valence-electron chi connectivity index (χ3n) is 1.34. The molecule has 0 unspecified atom stereocenters. The molecule has 66 valence electrons. The second-order valence-corrected chi connectivity index (χ2v) is 3.45. The van der Waals surface area contributed by atoms with E-state index in [1.54, 1.807) is 0 Å². The molecule has 0 radical (unpaired) electrons. The normalized spacial score (nSPS) is 10.1. The van der Waals surface area contributed by atoms with Gasteiger partial charge >= 0.3 is 5.97 Å². The largest absolute Gasteiger partial charge is 0.492 e. The van der Waals surface area contributed by atoms with Crippen LogP contribution in [0, 0.1) is 0 Å². The highest BCUT2D eigenvalue weighted by Gasteiger charge is 2.11. The number of hydrogen-bond donors (Lipinski definition) is 2. The van der Waals surface area contributed by atoms with Gasteiger partial charge in [-0.3, -0.25) is 4.79 Å². The molecule has 0 aliphatic rings. The molecule has 0 atom stereocenters. The lowest BCUT2D eigenvalue weighted by Gasteiger charge is -1.88. The molecule has 1 aromatic heterocycles. The van der Waals surface area contributed by atoms with E-state index in [0.29, 0.717) is 4.88 Å². The van der Waals surface area contributed by atoms with Crippen molar-refractivity contribution in [1.29, 1.82) is 0 Å². The first-order valence-electron chi connectivity index (χ1n) is 3.52. The minimum Gasteiger partial charge on any atom is -0.492 e. The summed E-state index contributed by atoms with van der Waals surface area (Å²) in [5.41, 5.74) is 0. The Bertz CT molecular complexity index is 295. The number of carboxylic acids is 1. The highest BCUT2D eigenvalue weighted by molar-refractivity contribution is 7.12. The van der Waals surface area contributed by atoms with Crippen LogP contribution >= 0.6 is 11.3 Å². The van der Waals surface area contributed by atoms with Crippen molar-refractivity contribution in [3.8, 4) is 5.88 Å². The number of carbonyl (C=O) groups is 1. The number of aromatic hydroxyl groups is 1. The summed E-state index contributed by atoms with van der Waals surface area (Å²) in [7, 11) is 0. The molecule has 0 spiro atoms. The minimum atomic E-state index is -0.948. The molecule has 1 heterocycles. The van der Waals surface area contributed by atoms with E-state index >= 15 is 0 Å². The van der Waals surface area contributed by atoms with E-state index in [1.807, 2.05) is 6.92 Å². The van der Waals surface area contributed by atoms with E-state index in [1.165, 1.54) is 11.3 Å².